The number of alkyl halides is 1. The molecule has 0 bridgehead atoms. The first-order valence-electron chi connectivity index (χ1n) is 5.49. The van der Waals surface area contributed by atoms with Crippen LogP contribution >= 0.6 is 27.5 Å². The smallest absolute Gasteiger partial charge is 0.124 e. The third-order valence-electron chi connectivity index (χ3n) is 2.92. The van der Waals surface area contributed by atoms with E-state index in [1.165, 1.54) is 12.1 Å². The summed E-state index contributed by atoms with van der Waals surface area (Å²) in [7, 11) is 0. The zero-order chi connectivity index (χ0) is 12.3. The van der Waals surface area contributed by atoms with Gasteiger partial charge in [0.15, 0.2) is 0 Å². The maximum atomic E-state index is 12.9. The van der Waals surface area contributed by atoms with Gasteiger partial charge in [-0.05, 0) is 36.0 Å². The molecule has 0 saturated carbocycles. The van der Waals surface area contributed by atoms with Gasteiger partial charge in [0.25, 0.3) is 0 Å². The zero-order valence-corrected chi connectivity index (χ0v) is 12.1. The standard InChI is InChI=1S/C13H17BrClF/c1-8(2)12(9(3)14)6-10-4-5-11(16)7-13(10)15/h4-5,7-9,12H,6H2,1-3H3. The lowest BCUT2D eigenvalue weighted by Crippen LogP contribution is -2.20. The molecule has 3 heteroatoms. The molecule has 0 aliphatic heterocycles. The predicted molar refractivity (Wildman–Crippen MR) is 71.8 cm³/mol. The summed E-state index contributed by atoms with van der Waals surface area (Å²) in [4.78, 5) is 0.425. The first kappa shape index (κ1) is 14.0. The normalized spacial score (nSPS) is 15.2. The van der Waals surface area contributed by atoms with E-state index in [9.17, 15) is 4.39 Å². The molecule has 0 aliphatic carbocycles. The third kappa shape index (κ3) is 3.74. The van der Waals surface area contributed by atoms with Gasteiger partial charge in [-0.3, -0.25) is 0 Å². The average Bonchev–Trinajstić information content (AvgIpc) is 2.15. The number of rotatable bonds is 4. The maximum Gasteiger partial charge on any atom is 0.124 e. The summed E-state index contributed by atoms with van der Waals surface area (Å²) in [6, 6.07) is 4.63. The van der Waals surface area contributed by atoms with Crippen LogP contribution in [0.5, 0.6) is 0 Å². The van der Waals surface area contributed by atoms with Gasteiger partial charge < -0.3 is 0 Å². The number of halogens is 3. The highest BCUT2D eigenvalue weighted by molar-refractivity contribution is 9.09. The Morgan fingerprint density at radius 2 is 1.94 bits per heavy atom. The Labute approximate surface area is 110 Å². The molecule has 2 atom stereocenters. The van der Waals surface area contributed by atoms with Gasteiger partial charge in [0.05, 0.1) is 0 Å². The number of benzene rings is 1. The van der Waals surface area contributed by atoms with E-state index >= 15 is 0 Å². The zero-order valence-electron chi connectivity index (χ0n) is 9.81. The van der Waals surface area contributed by atoms with Gasteiger partial charge in [-0.2, -0.15) is 0 Å². The highest BCUT2D eigenvalue weighted by atomic mass is 79.9. The molecule has 1 rings (SSSR count). The maximum absolute atomic E-state index is 12.9. The van der Waals surface area contributed by atoms with E-state index in [0.29, 0.717) is 21.7 Å². The Morgan fingerprint density at radius 1 is 1.31 bits per heavy atom. The van der Waals surface area contributed by atoms with E-state index in [0.717, 1.165) is 12.0 Å². The molecule has 16 heavy (non-hydrogen) atoms. The average molecular weight is 308 g/mol. The van der Waals surface area contributed by atoms with Gasteiger partial charge in [0.1, 0.15) is 5.82 Å². The van der Waals surface area contributed by atoms with Crippen molar-refractivity contribution in [1.82, 2.24) is 0 Å². The molecule has 0 nitrogen and oxygen atoms in total. The Hall–Kier alpha value is -0.0800. The largest absolute Gasteiger partial charge is 0.207 e. The molecule has 0 spiro atoms. The lowest BCUT2D eigenvalue weighted by atomic mass is 9.87. The molecule has 0 fully saturated rings. The third-order valence-corrected chi connectivity index (χ3v) is 3.95. The van der Waals surface area contributed by atoms with Crippen molar-refractivity contribution in [3.05, 3.63) is 34.6 Å². The van der Waals surface area contributed by atoms with Crippen LogP contribution in [0.4, 0.5) is 4.39 Å². The molecule has 90 valence electrons. The van der Waals surface area contributed by atoms with Crippen LogP contribution in [-0.4, -0.2) is 4.83 Å². The fourth-order valence-corrected chi connectivity index (χ4v) is 2.91. The Bertz CT molecular complexity index is 342. The van der Waals surface area contributed by atoms with E-state index in [4.69, 9.17) is 11.6 Å². The van der Waals surface area contributed by atoms with Crippen LogP contribution in [0.25, 0.3) is 0 Å². The topological polar surface area (TPSA) is 0 Å². The molecule has 0 radical (unpaired) electrons. The lowest BCUT2D eigenvalue weighted by Gasteiger charge is -2.24. The summed E-state index contributed by atoms with van der Waals surface area (Å²) in [5.41, 5.74) is 1.02. The predicted octanol–water partition coefficient (Wildman–Crippen LogP) is 5.08. The molecule has 0 amide bonds. The first-order chi connectivity index (χ1) is 7.41. The molecule has 1 aromatic rings. The summed E-state index contributed by atoms with van der Waals surface area (Å²) in [5, 5.41) is 0.527. The fourth-order valence-electron chi connectivity index (χ4n) is 1.87. The molecule has 1 aromatic carbocycles. The van der Waals surface area contributed by atoms with Crippen LogP contribution in [-0.2, 0) is 6.42 Å². The van der Waals surface area contributed by atoms with Crippen molar-refractivity contribution in [2.24, 2.45) is 11.8 Å². The highest BCUT2D eigenvalue weighted by Gasteiger charge is 2.20. The summed E-state index contributed by atoms with van der Waals surface area (Å²) in [6.07, 6.45) is 0.878. The minimum atomic E-state index is -0.276. The van der Waals surface area contributed by atoms with E-state index in [1.807, 2.05) is 0 Å². The Balaban J connectivity index is 2.85. The summed E-state index contributed by atoms with van der Waals surface area (Å²) in [6.45, 7) is 6.53. The molecule has 0 heterocycles. The molecular formula is C13H17BrClF. The second kappa shape index (κ2) is 6.02. The molecule has 0 saturated heterocycles. The van der Waals surface area contributed by atoms with Gasteiger partial charge in [-0.1, -0.05) is 54.4 Å². The lowest BCUT2D eigenvalue weighted by molar-refractivity contribution is 0.383. The summed E-state index contributed by atoms with van der Waals surface area (Å²) >= 11 is 9.65. The van der Waals surface area contributed by atoms with Gasteiger partial charge in [0, 0.05) is 9.85 Å². The first-order valence-corrected chi connectivity index (χ1v) is 6.79. The van der Waals surface area contributed by atoms with E-state index in [1.54, 1.807) is 6.07 Å². The van der Waals surface area contributed by atoms with Crippen LogP contribution in [0.3, 0.4) is 0 Å². The van der Waals surface area contributed by atoms with Gasteiger partial charge in [0.2, 0.25) is 0 Å². The van der Waals surface area contributed by atoms with Crippen molar-refractivity contribution in [2.75, 3.05) is 0 Å². The molecular weight excluding hydrogens is 290 g/mol. The van der Waals surface area contributed by atoms with Crippen molar-refractivity contribution in [1.29, 1.82) is 0 Å². The fraction of sp³-hybridized carbons (Fsp3) is 0.538. The molecule has 0 aromatic heterocycles. The minimum Gasteiger partial charge on any atom is -0.207 e. The monoisotopic (exact) mass is 306 g/mol. The summed E-state index contributed by atoms with van der Waals surface area (Å²) < 4.78 is 12.9. The van der Waals surface area contributed by atoms with Crippen LogP contribution in [0.1, 0.15) is 26.3 Å². The Kier molecular flexibility index (Phi) is 5.26. The number of hydrogen-bond acceptors (Lipinski definition) is 0. The van der Waals surface area contributed by atoms with Crippen molar-refractivity contribution >= 4 is 27.5 Å². The molecule has 0 aliphatic rings. The Morgan fingerprint density at radius 3 is 2.38 bits per heavy atom. The van der Waals surface area contributed by atoms with Crippen molar-refractivity contribution in [3.63, 3.8) is 0 Å². The van der Waals surface area contributed by atoms with E-state index in [-0.39, 0.29) is 5.82 Å². The SMILES string of the molecule is CC(C)C(Cc1ccc(F)cc1Cl)C(C)Br. The van der Waals surface area contributed by atoms with Crippen molar-refractivity contribution in [3.8, 4) is 0 Å². The van der Waals surface area contributed by atoms with Crippen LogP contribution in [0.15, 0.2) is 18.2 Å². The van der Waals surface area contributed by atoms with Crippen LogP contribution in [0, 0.1) is 17.7 Å². The highest BCUT2D eigenvalue weighted by Crippen LogP contribution is 2.28. The molecule has 2 unspecified atom stereocenters. The quantitative estimate of drug-likeness (QED) is 0.681. The second-order valence-electron chi connectivity index (χ2n) is 4.53. The van der Waals surface area contributed by atoms with E-state index < -0.39 is 0 Å². The minimum absolute atomic E-state index is 0.276. The van der Waals surface area contributed by atoms with Gasteiger partial charge in [-0.15, -0.1) is 0 Å². The van der Waals surface area contributed by atoms with Crippen molar-refractivity contribution in [2.45, 2.75) is 32.0 Å². The van der Waals surface area contributed by atoms with E-state index in [2.05, 4.69) is 36.7 Å². The van der Waals surface area contributed by atoms with Crippen LogP contribution in [0.2, 0.25) is 5.02 Å². The number of hydrogen-bond donors (Lipinski definition) is 0. The second-order valence-corrected chi connectivity index (χ2v) is 6.38. The summed E-state index contributed by atoms with van der Waals surface area (Å²) in [5.74, 6) is 0.792. The van der Waals surface area contributed by atoms with Gasteiger partial charge >= 0.3 is 0 Å². The molecule has 0 N–H and O–H groups in total. The van der Waals surface area contributed by atoms with Gasteiger partial charge in [-0.25, -0.2) is 4.39 Å². The van der Waals surface area contributed by atoms with Crippen LogP contribution < -0.4 is 0 Å². The van der Waals surface area contributed by atoms with Crippen molar-refractivity contribution < 1.29 is 4.39 Å².